The molecule has 0 amide bonds. The van der Waals surface area contributed by atoms with Crippen molar-refractivity contribution in [2.75, 3.05) is 0 Å². The summed E-state index contributed by atoms with van der Waals surface area (Å²) in [5, 5.41) is 0. The second-order valence-corrected chi connectivity index (χ2v) is 3.30. The molecule has 0 aliphatic heterocycles. The SMILES string of the molecule is c1nc2cc(OC3CC3)ccc2o1. The van der Waals surface area contributed by atoms with E-state index < -0.39 is 0 Å². The molecular weight excluding hydrogens is 166 g/mol. The molecule has 1 fully saturated rings. The van der Waals surface area contributed by atoms with Crippen LogP contribution in [0.4, 0.5) is 0 Å². The molecule has 0 spiro atoms. The highest BCUT2D eigenvalue weighted by molar-refractivity contribution is 5.73. The lowest BCUT2D eigenvalue weighted by atomic mass is 10.3. The monoisotopic (exact) mass is 175 g/mol. The quantitative estimate of drug-likeness (QED) is 0.702. The van der Waals surface area contributed by atoms with Crippen LogP contribution in [0.3, 0.4) is 0 Å². The average Bonchev–Trinajstić information content (AvgIpc) is 2.83. The lowest BCUT2D eigenvalue weighted by molar-refractivity contribution is 0.303. The van der Waals surface area contributed by atoms with Gasteiger partial charge < -0.3 is 9.15 Å². The van der Waals surface area contributed by atoms with E-state index in [0.29, 0.717) is 6.10 Å². The first-order valence-electron chi connectivity index (χ1n) is 4.42. The molecule has 3 nitrogen and oxygen atoms in total. The predicted molar refractivity (Wildman–Crippen MR) is 47.7 cm³/mol. The van der Waals surface area contributed by atoms with Crippen LogP contribution in [0.2, 0.25) is 0 Å². The summed E-state index contributed by atoms with van der Waals surface area (Å²) in [4.78, 5) is 4.06. The second kappa shape index (κ2) is 2.49. The number of fused-ring (bicyclic) bond motifs is 1. The van der Waals surface area contributed by atoms with Gasteiger partial charge in [-0.2, -0.15) is 0 Å². The summed E-state index contributed by atoms with van der Waals surface area (Å²) in [6.45, 7) is 0. The number of benzene rings is 1. The summed E-state index contributed by atoms with van der Waals surface area (Å²) >= 11 is 0. The van der Waals surface area contributed by atoms with Gasteiger partial charge in [0.05, 0.1) is 6.10 Å². The predicted octanol–water partition coefficient (Wildman–Crippen LogP) is 2.37. The van der Waals surface area contributed by atoms with Crippen molar-refractivity contribution in [2.45, 2.75) is 18.9 Å². The number of oxazole rings is 1. The highest BCUT2D eigenvalue weighted by Gasteiger charge is 2.23. The van der Waals surface area contributed by atoms with Gasteiger partial charge in [0.1, 0.15) is 11.3 Å². The molecule has 2 aromatic rings. The molecule has 1 aromatic carbocycles. The van der Waals surface area contributed by atoms with Crippen LogP contribution >= 0.6 is 0 Å². The summed E-state index contributed by atoms with van der Waals surface area (Å²) in [6.07, 6.45) is 4.24. The van der Waals surface area contributed by atoms with Gasteiger partial charge in [-0.15, -0.1) is 0 Å². The standard InChI is InChI=1S/C10H9NO2/c1-2-7(1)13-8-3-4-10-9(5-8)11-6-12-10/h3-7H,1-2H2. The van der Waals surface area contributed by atoms with Crippen LogP contribution in [-0.2, 0) is 0 Å². The van der Waals surface area contributed by atoms with Crippen LogP contribution in [-0.4, -0.2) is 11.1 Å². The number of rotatable bonds is 2. The van der Waals surface area contributed by atoms with Gasteiger partial charge in [-0.25, -0.2) is 4.98 Å². The number of hydrogen-bond acceptors (Lipinski definition) is 3. The molecule has 1 aliphatic carbocycles. The van der Waals surface area contributed by atoms with E-state index in [-0.39, 0.29) is 0 Å². The van der Waals surface area contributed by atoms with Gasteiger partial charge >= 0.3 is 0 Å². The van der Waals surface area contributed by atoms with Gasteiger partial charge in [-0.1, -0.05) is 0 Å². The molecule has 0 radical (unpaired) electrons. The minimum atomic E-state index is 0.435. The lowest BCUT2D eigenvalue weighted by Gasteiger charge is -2.02. The maximum Gasteiger partial charge on any atom is 0.181 e. The Hall–Kier alpha value is -1.51. The minimum Gasteiger partial charge on any atom is -0.490 e. The Balaban J connectivity index is 1.99. The number of hydrogen-bond donors (Lipinski definition) is 0. The number of nitrogens with zero attached hydrogens (tertiary/aromatic N) is 1. The van der Waals surface area contributed by atoms with Crippen molar-refractivity contribution in [3.05, 3.63) is 24.6 Å². The average molecular weight is 175 g/mol. The molecule has 13 heavy (non-hydrogen) atoms. The van der Waals surface area contributed by atoms with Crippen LogP contribution in [0.25, 0.3) is 11.1 Å². The number of ether oxygens (including phenoxy) is 1. The second-order valence-electron chi connectivity index (χ2n) is 3.30. The van der Waals surface area contributed by atoms with Crippen LogP contribution < -0.4 is 4.74 Å². The van der Waals surface area contributed by atoms with Gasteiger partial charge in [0.2, 0.25) is 0 Å². The molecule has 0 N–H and O–H groups in total. The Bertz CT molecular complexity index is 431. The Morgan fingerprint density at radius 1 is 1.38 bits per heavy atom. The molecule has 0 saturated heterocycles. The van der Waals surface area contributed by atoms with Crippen molar-refractivity contribution >= 4 is 11.1 Å². The van der Waals surface area contributed by atoms with Gasteiger partial charge in [-0.3, -0.25) is 0 Å². The highest BCUT2D eigenvalue weighted by Crippen LogP contribution is 2.28. The van der Waals surface area contributed by atoms with E-state index in [1.165, 1.54) is 19.2 Å². The first-order valence-corrected chi connectivity index (χ1v) is 4.42. The molecule has 1 heterocycles. The van der Waals surface area contributed by atoms with E-state index in [0.717, 1.165) is 16.8 Å². The summed E-state index contributed by atoms with van der Waals surface area (Å²) in [5.41, 5.74) is 1.67. The summed E-state index contributed by atoms with van der Waals surface area (Å²) in [6, 6.07) is 5.73. The topological polar surface area (TPSA) is 35.3 Å². The molecule has 3 rings (SSSR count). The van der Waals surface area contributed by atoms with E-state index in [9.17, 15) is 0 Å². The molecule has 0 bridgehead atoms. The van der Waals surface area contributed by atoms with Crippen molar-refractivity contribution in [2.24, 2.45) is 0 Å². The Morgan fingerprint density at radius 3 is 3.15 bits per heavy atom. The third-order valence-electron chi connectivity index (χ3n) is 2.13. The van der Waals surface area contributed by atoms with Crippen molar-refractivity contribution in [1.29, 1.82) is 0 Å². The van der Waals surface area contributed by atoms with Gasteiger partial charge in [-0.05, 0) is 25.0 Å². The fraction of sp³-hybridized carbons (Fsp3) is 0.300. The first-order chi connectivity index (χ1) is 6.42. The maximum absolute atomic E-state index is 5.62. The Morgan fingerprint density at radius 2 is 2.31 bits per heavy atom. The largest absolute Gasteiger partial charge is 0.490 e. The van der Waals surface area contributed by atoms with Crippen LogP contribution in [0.1, 0.15) is 12.8 Å². The third kappa shape index (κ3) is 1.26. The van der Waals surface area contributed by atoms with Gasteiger partial charge in [0.15, 0.2) is 12.0 Å². The first kappa shape index (κ1) is 6.95. The van der Waals surface area contributed by atoms with Crippen molar-refractivity contribution < 1.29 is 9.15 Å². The van der Waals surface area contributed by atoms with E-state index in [1.54, 1.807) is 0 Å². The maximum atomic E-state index is 5.62. The highest BCUT2D eigenvalue weighted by atomic mass is 16.5. The van der Waals surface area contributed by atoms with Crippen molar-refractivity contribution in [3.8, 4) is 5.75 Å². The van der Waals surface area contributed by atoms with Gasteiger partial charge in [0, 0.05) is 6.07 Å². The zero-order valence-corrected chi connectivity index (χ0v) is 7.06. The summed E-state index contributed by atoms with van der Waals surface area (Å²) in [7, 11) is 0. The van der Waals surface area contributed by atoms with Crippen LogP contribution in [0.5, 0.6) is 5.75 Å². The summed E-state index contributed by atoms with van der Waals surface area (Å²) < 4.78 is 10.7. The van der Waals surface area contributed by atoms with E-state index in [4.69, 9.17) is 9.15 Å². The fourth-order valence-corrected chi connectivity index (χ4v) is 1.29. The molecule has 66 valence electrons. The van der Waals surface area contributed by atoms with E-state index in [1.807, 2.05) is 18.2 Å². The minimum absolute atomic E-state index is 0.435. The zero-order chi connectivity index (χ0) is 8.67. The molecule has 0 unspecified atom stereocenters. The summed E-state index contributed by atoms with van der Waals surface area (Å²) in [5.74, 6) is 0.893. The molecule has 1 aliphatic rings. The van der Waals surface area contributed by atoms with Crippen LogP contribution in [0.15, 0.2) is 29.0 Å². The van der Waals surface area contributed by atoms with Crippen molar-refractivity contribution in [1.82, 2.24) is 4.98 Å². The Kier molecular flexibility index (Phi) is 1.33. The van der Waals surface area contributed by atoms with Gasteiger partial charge in [0.25, 0.3) is 0 Å². The molecule has 3 heteroatoms. The molecule has 1 aromatic heterocycles. The lowest BCUT2D eigenvalue weighted by Crippen LogP contribution is -1.94. The van der Waals surface area contributed by atoms with E-state index >= 15 is 0 Å². The molecule has 0 atom stereocenters. The fourth-order valence-electron chi connectivity index (χ4n) is 1.29. The number of aromatic nitrogens is 1. The Labute approximate surface area is 75.3 Å². The normalized spacial score (nSPS) is 16.3. The molecular formula is C10H9NO2. The molecule has 1 saturated carbocycles. The zero-order valence-electron chi connectivity index (χ0n) is 7.06. The van der Waals surface area contributed by atoms with E-state index in [2.05, 4.69) is 4.98 Å². The smallest absolute Gasteiger partial charge is 0.181 e. The van der Waals surface area contributed by atoms with Crippen molar-refractivity contribution in [3.63, 3.8) is 0 Å². The third-order valence-corrected chi connectivity index (χ3v) is 2.13. The van der Waals surface area contributed by atoms with Crippen LogP contribution in [0, 0.1) is 0 Å².